The molecule has 1 aromatic rings. The molecule has 1 rings (SSSR count). The fourth-order valence-electron chi connectivity index (χ4n) is 1.60. The van der Waals surface area contributed by atoms with Crippen LogP contribution in [-0.2, 0) is 9.53 Å². The van der Waals surface area contributed by atoms with Crippen molar-refractivity contribution in [2.24, 2.45) is 0 Å². The van der Waals surface area contributed by atoms with Crippen LogP contribution < -0.4 is 10.6 Å². The second-order valence-corrected chi connectivity index (χ2v) is 3.84. The molecule has 18 heavy (non-hydrogen) atoms. The fraction of sp³-hybridized carbons (Fsp3) is 0.357. The Bertz CT molecular complexity index is 399. The van der Waals surface area contributed by atoms with Crippen molar-refractivity contribution in [3.8, 4) is 0 Å². The third kappa shape index (κ3) is 4.49. The molecule has 0 bridgehead atoms. The Hall–Kier alpha value is -1.97. The van der Waals surface area contributed by atoms with E-state index >= 15 is 0 Å². The van der Waals surface area contributed by atoms with Crippen LogP contribution in [0.1, 0.15) is 13.8 Å². The van der Waals surface area contributed by atoms with Crippen LogP contribution in [0.3, 0.4) is 0 Å². The summed E-state index contributed by atoms with van der Waals surface area (Å²) in [7, 11) is 0. The van der Waals surface area contributed by atoms with Gasteiger partial charge in [-0.15, -0.1) is 0 Å². The highest BCUT2D eigenvalue weighted by Crippen LogP contribution is 2.15. The molecule has 4 heteroatoms. The maximum Gasteiger partial charge on any atom is 0.330 e. The summed E-state index contributed by atoms with van der Waals surface area (Å²) >= 11 is 0. The molecule has 0 heterocycles. The molecule has 0 unspecified atom stereocenters. The highest BCUT2D eigenvalue weighted by atomic mass is 16.5. The summed E-state index contributed by atoms with van der Waals surface area (Å²) in [5.74, 6) is -0.300. The number of anilines is 2. The molecule has 1 aromatic carbocycles. The Morgan fingerprint density at radius 2 is 2.06 bits per heavy atom. The Balaban J connectivity index is 2.47. The molecule has 0 aromatic heterocycles. The molecule has 0 aliphatic heterocycles. The van der Waals surface area contributed by atoms with Gasteiger partial charge in [-0.05, 0) is 38.1 Å². The zero-order valence-electron chi connectivity index (χ0n) is 10.9. The number of carbonyl (C=O) groups is 1. The molecule has 0 spiro atoms. The van der Waals surface area contributed by atoms with Gasteiger partial charge in [-0.2, -0.15) is 0 Å². The van der Waals surface area contributed by atoms with Crippen LogP contribution in [0.4, 0.5) is 11.4 Å². The number of hydrogen-bond acceptors (Lipinski definition) is 4. The minimum Gasteiger partial charge on any atom is -0.461 e. The number of nitrogens with two attached hydrogens (primary N) is 1. The minimum absolute atomic E-state index is 0.300. The van der Waals surface area contributed by atoms with Gasteiger partial charge in [-0.3, -0.25) is 0 Å². The van der Waals surface area contributed by atoms with E-state index in [4.69, 9.17) is 10.5 Å². The number of nitrogen functional groups attached to an aromatic ring is 1. The van der Waals surface area contributed by atoms with Gasteiger partial charge < -0.3 is 15.4 Å². The van der Waals surface area contributed by atoms with Crippen LogP contribution in [0.2, 0.25) is 0 Å². The quantitative estimate of drug-likeness (QED) is 0.476. The van der Waals surface area contributed by atoms with E-state index in [-0.39, 0.29) is 5.97 Å². The van der Waals surface area contributed by atoms with E-state index < -0.39 is 0 Å². The first-order valence-corrected chi connectivity index (χ1v) is 6.07. The Morgan fingerprint density at radius 3 is 2.61 bits per heavy atom. The Labute approximate surface area is 108 Å². The third-order valence-electron chi connectivity index (χ3n) is 2.55. The number of rotatable bonds is 6. The lowest BCUT2D eigenvalue weighted by molar-refractivity contribution is -0.137. The minimum atomic E-state index is -0.300. The molecule has 0 atom stereocenters. The lowest BCUT2D eigenvalue weighted by Gasteiger charge is -2.22. The van der Waals surface area contributed by atoms with E-state index in [1.54, 1.807) is 13.0 Å². The third-order valence-corrected chi connectivity index (χ3v) is 2.55. The van der Waals surface area contributed by atoms with Crippen LogP contribution in [-0.4, -0.2) is 25.7 Å². The van der Waals surface area contributed by atoms with Crippen molar-refractivity contribution in [2.75, 3.05) is 30.3 Å². The highest BCUT2D eigenvalue weighted by molar-refractivity contribution is 5.81. The summed E-state index contributed by atoms with van der Waals surface area (Å²) in [5, 5.41) is 0. The number of likely N-dealkylation sites (N-methyl/N-ethyl adjacent to an activating group) is 1. The summed E-state index contributed by atoms with van der Waals surface area (Å²) in [6.07, 6.45) is 3.08. The Kier molecular flexibility index (Phi) is 5.77. The monoisotopic (exact) mass is 248 g/mol. The predicted octanol–water partition coefficient (Wildman–Crippen LogP) is 2.21. The van der Waals surface area contributed by atoms with Gasteiger partial charge in [0.25, 0.3) is 0 Å². The number of allylic oxidation sites excluding steroid dienone is 1. The van der Waals surface area contributed by atoms with Crippen LogP contribution in [0.5, 0.6) is 0 Å². The molecule has 0 saturated carbocycles. The van der Waals surface area contributed by atoms with E-state index in [0.717, 1.165) is 17.9 Å². The van der Waals surface area contributed by atoms with Gasteiger partial charge in [-0.1, -0.05) is 6.08 Å². The summed E-state index contributed by atoms with van der Waals surface area (Å²) < 4.78 is 5.07. The maximum absolute atomic E-state index is 11.1. The van der Waals surface area contributed by atoms with Crippen LogP contribution >= 0.6 is 0 Å². The van der Waals surface area contributed by atoms with Crippen molar-refractivity contribution < 1.29 is 9.53 Å². The van der Waals surface area contributed by atoms with Gasteiger partial charge in [0, 0.05) is 24.0 Å². The second-order valence-electron chi connectivity index (χ2n) is 3.84. The molecule has 0 radical (unpaired) electrons. The Morgan fingerprint density at radius 1 is 1.39 bits per heavy atom. The van der Waals surface area contributed by atoms with Crippen molar-refractivity contribution in [1.82, 2.24) is 0 Å². The van der Waals surface area contributed by atoms with Gasteiger partial charge >= 0.3 is 5.97 Å². The fourth-order valence-corrected chi connectivity index (χ4v) is 1.60. The lowest BCUT2D eigenvalue weighted by atomic mass is 10.2. The standard InChI is InChI=1S/C14H20N2O2/c1-3-5-14(17)18-11-10-16(4-2)13-8-6-12(15)7-9-13/h3,5-9H,4,10-11,15H2,1-2H3/b5-3+. The normalized spacial score (nSPS) is 10.6. The van der Waals surface area contributed by atoms with Crippen LogP contribution in [0.25, 0.3) is 0 Å². The largest absolute Gasteiger partial charge is 0.461 e. The smallest absolute Gasteiger partial charge is 0.330 e. The number of nitrogens with zero attached hydrogens (tertiary/aromatic N) is 1. The average molecular weight is 248 g/mol. The number of hydrogen-bond donors (Lipinski definition) is 1. The highest BCUT2D eigenvalue weighted by Gasteiger charge is 2.05. The number of carbonyl (C=O) groups excluding carboxylic acids is 1. The first-order valence-electron chi connectivity index (χ1n) is 6.07. The van der Waals surface area contributed by atoms with E-state index in [0.29, 0.717) is 13.2 Å². The van der Waals surface area contributed by atoms with Crippen molar-refractivity contribution in [3.63, 3.8) is 0 Å². The zero-order chi connectivity index (χ0) is 13.4. The number of esters is 1. The molecule has 0 aliphatic carbocycles. The SMILES string of the molecule is C/C=C/C(=O)OCCN(CC)c1ccc(N)cc1. The van der Waals surface area contributed by atoms with Gasteiger partial charge in [0.2, 0.25) is 0 Å². The van der Waals surface area contributed by atoms with Crippen LogP contribution in [0, 0.1) is 0 Å². The van der Waals surface area contributed by atoms with E-state index in [1.165, 1.54) is 6.08 Å². The molecule has 0 amide bonds. The van der Waals surface area contributed by atoms with E-state index in [9.17, 15) is 4.79 Å². The van der Waals surface area contributed by atoms with E-state index in [1.807, 2.05) is 24.3 Å². The molecule has 0 aliphatic rings. The summed E-state index contributed by atoms with van der Waals surface area (Å²) in [6.45, 7) is 5.74. The summed E-state index contributed by atoms with van der Waals surface area (Å²) in [6, 6.07) is 7.66. The molecule has 0 saturated heterocycles. The molecule has 0 fully saturated rings. The van der Waals surface area contributed by atoms with Crippen molar-refractivity contribution >= 4 is 17.3 Å². The van der Waals surface area contributed by atoms with E-state index in [2.05, 4.69) is 11.8 Å². The average Bonchev–Trinajstić information content (AvgIpc) is 2.36. The molecule has 2 N–H and O–H groups in total. The molecule has 98 valence electrons. The zero-order valence-corrected chi connectivity index (χ0v) is 10.9. The van der Waals surface area contributed by atoms with Crippen LogP contribution in [0.15, 0.2) is 36.4 Å². The maximum atomic E-state index is 11.1. The van der Waals surface area contributed by atoms with Gasteiger partial charge in [0.1, 0.15) is 6.61 Å². The molecular formula is C14H20N2O2. The van der Waals surface area contributed by atoms with Gasteiger partial charge in [0.15, 0.2) is 0 Å². The lowest BCUT2D eigenvalue weighted by Crippen LogP contribution is -2.27. The molecule has 4 nitrogen and oxygen atoms in total. The molecular weight excluding hydrogens is 228 g/mol. The number of ether oxygens (including phenoxy) is 1. The predicted molar refractivity (Wildman–Crippen MR) is 74.5 cm³/mol. The number of benzene rings is 1. The van der Waals surface area contributed by atoms with Gasteiger partial charge in [0.05, 0.1) is 6.54 Å². The van der Waals surface area contributed by atoms with Crippen molar-refractivity contribution in [3.05, 3.63) is 36.4 Å². The summed E-state index contributed by atoms with van der Waals surface area (Å²) in [5.41, 5.74) is 7.47. The van der Waals surface area contributed by atoms with Crippen molar-refractivity contribution in [1.29, 1.82) is 0 Å². The van der Waals surface area contributed by atoms with Gasteiger partial charge in [-0.25, -0.2) is 4.79 Å². The first kappa shape index (κ1) is 14.1. The topological polar surface area (TPSA) is 55.6 Å². The second kappa shape index (κ2) is 7.37. The van der Waals surface area contributed by atoms with Crippen molar-refractivity contribution in [2.45, 2.75) is 13.8 Å². The summed E-state index contributed by atoms with van der Waals surface area (Å²) in [4.78, 5) is 13.3. The first-order chi connectivity index (χ1) is 8.67.